The van der Waals surface area contributed by atoms with E-state index in [2.05, 4.69) is 10.3 Å². The number of nitro benzene ring substituents is 1. The van der Waals surface area contributed by atoms with E-state index in [1.807, 2.05) is 25.1 Å². The highest BCUT2D eigenvalue weighted by Crippen LogP contribution is 2.22. The van der Waals surface area contributed by atoms with Crippen molar-refractivity contribution in [2.75, 3.05) is 5.32 Å². The lowest BCUT2D eigenvalue weighted by Crippen LogP contribution is -2.06. The lowest BCUT2D eigenvalue weighted by molar-refractivity contribution is -0.384. The van der Waals surface area contributed by atoms with E-state index in [1.54, 1.807) is 18.5 Å². The molecule has 0 radical (unpaired) electrons. The van der Waals surface area contributed by atoms with Crippen LogP contribution in [-0.4, -0.2) is 9.91 Å². The fourth-order valence-electron chi connectivity index (χ4n) is 1.69. The van der Waals surface area contributed by atoms with Gasteiger partial charge in [0.25, 0.3) is 5.69 Å². The minimum absolute atomic E-state index is 0.0648. The normalized spacial score (nSPS) is 11.8. The lowest BCUT2D eigenvalue weighted by Gasteiger charge is -2.15. The van der Waals surface area contributed by atoms with Gasteiger partial charge in [-0.2, -0.15) is 0 Å². The van der Waals surface area contributed by atoms with Gasteiger partial charge >= 0.3 is 0 Å². The minimum atomic E-state index is -0.401. The molecule has 1 aromatic heterocycles. The summed E-state index contributed by atoms with van der Waals surface area (Å²) in [7, 11) is 0. The van der Waals surface area contributed by atoms with Crippen molar-refractivity contribution in [2.24, 2.45) is 0 Å². The van der Waals surface area contributed by atoms with Gasteiger partial charge in [0, 0.05) is 36.3 Å². The smallest absolute Gasteiger partial charge is 0.271 e. The summed E-state index contributed by atoms with van der Waals surface area (Å²) in [4.78, 5) is 14.2. The Morgan fingerprint density at radius 3 is 2.67 bits per heavy atom. The van der Waals surface area contributed by atoms with Gasteiger partial charge in [-0.25, -0.2) is 0 Å². The summed E-state index contributed by atoms with van der Waals surface area (Å²) in [6.45, 7) is 1.99. The standard InChI is InChI=1S/C13H13N3O2/c1-10(11-5-7-14-8-6-11)15-12-3-2-4-13(9-12)16(17)18/h2-10,15H,1H3. The highest BCUT2D eigenvalue weighted by atomic mass is 16.6. The monoisotopic (exact) mass is 243 g/mol. The molecule has 92 valence electrons. The summed E-state index contributed by atoms with van der Waals surface area (Å²) in [6.07, 6.45) is 3.45. The molecule has 0 amide bonds. The number of hydrogen-bond acceptors (Lipinski definition) is 4. The Morgan fingerprint density at radius 1 is 1.28 bits per heavy atom. The van der Waals surface area contributed by atoms with E-state index >= 15 is 0 Å². The van der Waals surface area contributed by atoms with Crippen LogP contribution in [-0.2, 0) is 0 Å². The summed E-state index contributed by atoms with van der Waals surface area (Å²) in [6, 6.07) is 10.4. The first-order valence-corrected chi connectivity index (χ1v) is 5.58. The zero-order chi connectivity index (χ0) is 13.0. The van der Waals surface area contributed by atoms with Crippen LogP contribution in [0.2, 0.25) is 0 Å². The molecule has 1 N–H and O–H groups in total. The number of pyridine rings is 1. The van der Waals surface area contributed by atoms with Crippen molar-refractivity contribution in [3.05, 3.63) is 64.5 Å². The van der Waals surface area contributed by atoms with E-state index in [0.717, 1.165) is 11.3 Å². The van der Waals surface area contributed by atoms with Gasteiger partial charge in [-0.05, 0) is 30.7 Å². The third-order valence-corrected chi connectivity index (χ3v) is 2.65. The van der Waals surface area contributed by atoms with E-state index in [-0.39, 0.29) is 11.7 Å². The number of rotatable bonds is 4. The highest BCUT2D eigenvalue weighted by Gasteiger charge is 2.08. The van der Waals surface area contributed by atoms with Crippen molar-refractivity contribution in [3.8, 4) is 0 Å². The molecular formula is C13H13N3O2. The Kier molecular flexibility index (Phi) is 3.52. The molecule has 2 rings (SSSR count). The van der Waals surface area contributed by atoms with Crippen molar-refractivity contribution in [3.63, 3.8) is 0 Å². The summed E-state index contributed by atoms with van der Waals surface area (Å²) in [5.41, 5.74) is 1.90. The van der Waals surface area contributed by atoms with E-state index in [4.69, 9.17) is 0 Å². The van der Waals surface area contributed by atoms with E-state index in [0.29, 0.717) is 0 Å². The van der Waals surface area contributed by atoms with Crippen LogP contribution in [0.5, 0.6) is 0 Å². The maximum atomic E-state index is 10.7. The Morgan fingerprint density at radius 2 is 2.00 bits per heavy atom. The molecule has 1 unspecified atom stereocenters. The Bertz CT molecular complexity index is 543. The molecule has 0 aliphatic rings. The molecule has 5 nitrogen and oxygen atoms in total. The van der Waals surface area contributed by atoms with Gasteiger partial charge in [-0.1, -0.05) is 6.07 Å². The lowest BCUT2D eigenvalue weighted by atomic mass is 10.1. The number of benzene rings is 1. The zero-order valence-corrected chi connectivity index (χ0v) is 9.91. The Balaban J connectivity index is 2.14. The fourth-order valence-corrected chi connectivity index (χ4v) is 1.69. The second-order valence-electron chi connectivity index (χ2n) is 3.95. The third kappa shape index (κ3) is 2.82. The average Bonchev–Trinajstić information content (AvgIpc) is 2.40. The first-order valence-electron chi connectivity index (χ1n) is 5.58. The molecule has 1 aromatic carbocycles. The maximum absolute atomic E-state index is 10.7. The molecule has 2 aromatic rings. The molecule has 1 atom stereocenters. The van der Waals surface area contributed by atoms with Gasteiger partial charge in [0.1, 0.15) is 0 Å². The molecule has 0 saturated carbocycles. The quantitative estimate of drug-likeness (QED) is 0.661. The van der Waals surface area contributed by atoms with Crippen LogP contribution >= 0.6 is 0 Å². The summed E-state index contributed by atoms with van der Waals surface area (Å²) in [5.74, 6) is 0. The van der Waals surface area contributed by atoms with E-state index in [1.165, 1.54) is 12.1 Å². The van der Waals surface area contributed by atoms with Gasteiger partial charge in [-0.15, -0.1) is 0 Å². The minimum Gasteiger partial charge on any atom is -0.378 e. The predicted molar refractivity (Wildman–Crippen MR) is 69.4 cm³/mol. The van der Waals surface area contributed by atoms with Gasteiger partial charge in [-0.3, -0.25) is 15.1 Å². The van der Waals surface area contributed by atoms with Crippen molar-refractivity contribution < 1.29 is 4.92 Å². The number of hydrogen-bond donors (Lipinski definition) is 1. The van der Waals surface area contributed by atoms with E-state index < -0.39 is 4.92 Å². The molecule has 0 saturated heterocycles. The van der Waals surface area contributed by atoms with Crippen LogP contribution in [0.4, 0.5) is 11.4 Å². The molecule has 0 spiro atoms. The largest absolute Gasteiger partial charge is 0.378 e. The number of nitrogens with zero attached hydrogens (tertiary/aromatic N) is 2. The number of anilines is 1. The number of aromatic nitrogens is 1. The average molecular weight is 243 g/mol. The molecule has 18 heavy (non-hydrogen) atoms. The number of nitrogens with one attached hydrogen (secondary N) is 1. The highest BCUT2D eigenvalue weighted by molar-refractivity contribution is 5.52. The molecule has 5 heteroatoms. The topological polar surface area (TPSA) is 68.1 Å². The van der Waals surface area contributed by atoms with Crippen LogP contribution in [0.15, 0.2) is 48.8 Å². The zero-order valence-electron chi connectivity index (χ0n) is 9.91. The van der Waals surface area contributed by atoms with Gasteiger partial charge < -0.3 is 5.32 Å². The molecule has 0 fully saturated rings. The maximum Gasteiger partial charge on any atom is 0.271 e. The molecule has 0 aliphatic carbocycles. The summed E-state index contributed by atoms with van der Waals surface area (Å²) < 4.78 is 0. The van der Waals surface area contributed by atoms with Crippen LogP contribution < -0.4 is 5.32 Å². The van der Waals surface area contributed by atoms with Crippen molar-refractivity contribution in [1.29, 1.82) is 0 Å². The van der Waals surface area contributed by atoms with E-state index in [9.17, 15) is 10.1 Å². The summed E-state index contributed by atoms with van der Waals surface area (Å²) in [5, 5.41) is 13.9. The van der Waals surface area contributed by atoms with Crippen molar-refractivity contribution in [1.82, 2.24) is 4.98 Å². The second-order valence-corrected chi connectivity index (χ2v) is 3.95. The SMILES string of the molecule is CC(Nc1cccc([N+](=O)[O-])c1)c1ccncc1. The molecule has 1 heterocycles. The molecule has 0 bridgehead atoms. The molecule has 0 aliphatic heterocycles. The number of non-ortho nitro benzene ring substituents is 1. The second kappa shape index (κ2) is 5.27. The Hall–Kier alpha value is -2.43. The predicted octanol–water partition coefficient (Wildman–Crippen LogP) is 3.16. The third-order valence-electron chi connectivity index (χ3n) is 2.65. The van der Waals surface area contributed by atoms with Crippen LogP contribution in [0.1, 0.15) is 18.5 Å². The first-order chi connectivity index (χ1) is 8.66. The fraction of sp³-hybridized carbons (Fsp3) is 0.154. The van der Waals surface area contributed by atoms with Crippen LogP contribution in [0, 0.1) is 10.1 Å². The van der Waals surface area contributed by atoms with Crippen LogP contribution in [0.3, 0.4) is 0 Å². The Labute approximate surface area is 105 Å². The summed E-state index contributed by atoms with van der Waals surface area (Å²) >= 11 is 0. The van der Waals surface area contributed by atoms with Gasteiger partial charge in [0.15, 0.2) is 0 Å². The number of nitro groups is 1. The van der Waals surface area contributed by atoms with Crippen molar-refractivity contribution in [2.45, 2.75) is 13.0 Å². The first kappa shape index (κ1) is 12.0. The van der Waals surface area contributed by atoms with Gasteiger partial charge in [0.05, 0.1) is 4.92 Å². The van der Waals surface area contributed by atoms with Crippen LogP contribution in [0.25, 0.3) is 0 Å². The molecular weight excluding hydrogens is 230 g/mol. The van der Waals surface area contributed by atoms with Crippen molar-refractivity contribution >= 4 is 11.4 Å². The van der Waals surface area contributed by atoms with Gasteiger partial charge in [0.2, 0.25) is 0 Å².